The Morgan fingerprint density at radius 1 is 1.14 bits per heavy atom. The average Bonchev–Trinajstić information content (AvgIpc) is 3.34. The van der Waals surface area contributed by atoms with Gasteiger partial charge in [-0.2, -0.15) is 0 Å². The van der Waals surface area contributed by atoms with Crippen molar-refractivity contribution >= 4 is 17.5 Å². The van der Waals surface area contributed by atoms with Crippen molar-refractivity contribution in [2.45, 2.75) is 39.0 Å². The molecular weight excluding hydrogens is 463 g/mol. The van der Waals surface area contributed by atoms with Crippen molar-refractivity contribution < 1.29 is 23.5 Å². The highest BCUT2D eigenvalue weighted by atomic mass is 19.1. The van der Waals surface area contributed by atoms with E-state index >= 15 is 0 Å². The summed E-state index contributed by atoms with van der Waals surface area (Å²) >= 11 is 0. The molecule has 0 unspecified atom stereocenters. The van der Waals surface area contributed by atoms with Crippen LogP contribution >= 0.6 is 0 Å². The molecule has 36 heavy (non-hydrogen) atoms. The Balaban J connectivity index is 1.18. The Hall–Kier alpha value is -3.72. The molecule has 1 saturated heterocycles. The molecule has 2 amide bonds. The van der Waals surface area contributed by atoms with Crippen LogP contribution in [0.3, 0.4) is 0 Å². The number of piperidine rings is 1. The number of benzene rings is 2. The zero-order valence-corrected chi connectivity index (χ0v) is 20.4. The highest BCUT2D eigenvalue weighted by Gasteiger charge is 2.32. The molecule has 2 aliphatic rings. The number of rotatable bonds is 5. The maximum atomic E-state index is 13.5. The third-order valence-corrected chi connectivity index (χ3v) is 7.00. The summed E-state index contributed by atoms with van der Waals surface area (Å²) in [5, 5.41) is 2.87. The molecule has 0 radical (unpaired) electrons. The number of nitrogens with one attached hydrogen (secondary N) is 1. The second kappa shape index (κ2) is 10.1. The Labute approximate surface area is 209 Å². The van der Waals surface area contributed by atoms with Gasteiger partial charge in [0.25, 0.3) is 5.91 Å². The number of carbonyl (C=O) groups is 2. The molecule has 188 valence electrons. The van der Waals surface area contributed by atoms with Crippen LogP contribution in [0.2, 0.25) is 0 Å². The summed E-state index contributed by atoms with van der Waals surface area (Å²) in [7, 11) is 1.63. The predicted octanol–water partition coefficient (Wildman–Crippen LogP) is 4.10. The minimum absolute atomic E-state index is 0.106. The Kier molecular flexibility index (Phi) is 6.73. The van der Waals surface area contributed by atoms with Crippen LogP contribution in [0.15, 0.2) is 48.8 Å². The van der Waals surface area contributed by atoms with Gasteiger partial charge in [-0.05, 0) is 61.2 Å². The lowest BCUT2D eigenvalue weighted by Crippen LogP contribution is -2.42. The molecule has 1 aromatic heterocycles. The molecule has 9 heteroatoms. The molecule has 2 aliphatic heterocycles. The van der Waals surface area contributed by atoms with Crippen LogP contribution in [0, 0.1) is 18.7 Å². The number of halogens is 1. The van der Waals surface area contributed by atoms with E-state index in [1.807, 2.05) is 28.8 Å². The van der Waals surface area contributed by atoms with E-state index in [1.54, 1.807) is 37.4 Å². The number of fused-ring (bicyclic) bond motifs is 1. The van der Waals surface area contributed by atoms with Gasteiger partial charge in [-0.1, -0.05) is 12.1 Å². The maximum absolute atomic E-state index is 13.5. The van der Waals surface area contributed by atoms with Crippen LogP contribution in [-0.4, -0.2) is 46.5 Å². The first-order valence-corrected chi connectivity index (χ1v) is 12.1. The summed E-state index contributed by atoms with van der Waals surface area (Å²) in [4.78, 5) is 32.1. The zero-order chi connectivity index (χ0) is 25.2. The van der Waals surface area contributed by atoms with E-state index in [2.05, 4.69) is 10.3 Å². The lowest BCUT2D eigenvalue weighted by molar-refractivity contribution is -0.121. The normalized spacial score (nSPS) is 18.0. The third-order valence-electron chi connectivity index (χ3n) is 7.00. The van der Waals surface area contributed by atoms with E-state index in [9.17, 15) is 14.0 Å². The smallest absolute Gasteiger partial charge is 0.274 e. The number of aromatic nitrogens is 2. The highest BCUT2D eigenvalue weighted by molar-refractivity contribution is 5.95. The van der Waals surface area contributed by atoms with Crippen LogP contribution in [-0.2, 0) is 22.7 Å². The van der Waals surface area contributed by atoms with Crippen molar-refractivity contribution in [1.29, 1.82) is 0 Å². The van der Waals surface area contributed by atoms with Gasteiger partial charge in [-0.15, -0.1) is 0 Å². The molecule has 0 aliphatic carbocycles. The van der Waals surface area contributed by atoms with E-state index in [0.717, 1.165) is 17.0 Å². The summed E-state index contributed by atoms with van der Waals surface area (Å²) in [6, 6.07) is 12.3. The maximum Gasteiger partial charge on any atom is 0.274 e. The predicted molar refractivity (Wildman–Crippen MR) is 131 cm³/mol. The molecular formula is C27H29FN4O4. The highest BCUT2D eigenvalue weighted by Crippen LogP contribution is 2.30. The molecule has 1 atom stereocenters. The van der Waals surface area contributed by atoms with Crippen molar-refractivity contribution in [2.75, 3.05) is 25.5 Å². The monoisotopic (exact) mass is 492 g/mol. The fourth-order valence-corrected chi connectivity index (χ4v) is 4.79. The fourth-order valence-electron chi connectivity index (χ4n) is 4.79. The first-order valence-electron chi connectivity index (χ1n) is 12.1. The van der Waals surface area contributed by atoms with Crippen molar-refractivity contribution in [1.82, 2.24) is 14.5 Å². The zero-order valence-electron chi connectivity index (χ0n) is 20.4. The van der Waals surface area contributed by atoms with Crippen LogP contribution < -0.4 is 10.1 Å². The molecule has 3 aromatic rings. The number of likely N-dealkylation sites (tertiary alicyclic amines) is 1. The largest absolute Gasteiger partial charge is 0.497 e. The summed E-state index contributed by atoms with van der Waals surface area (Å²) in [5.74, 6) is 0.0399. The number of ether oxygens (including phenoxy) is 2. The first-order chi connectivity index (χ1) is 17.4. The van der Waals surface area contributed by atoms with Crippen LogP contribution in [0.4, 0.5) is 10.1 Å². The lowest BCUT2D eigenvalue weighted by Gasteiger charge is -2.31. The summed E-state index contributed by atoms with van der Waals surface area (Å²) in [6.07, 6.45) is 2.69. The van der Waals surface area contributed by atoms with Crippen molar-refractivity contribution in [3.63, 3.8) is 0 Å². The summed E-state index contributed by atoms with van der Waals surface area (Å²) < 4.78 is 26.8. The van der Waals surface area contributed by atoms with Crippen LogP contribution in [0.25, 0.3) is 0 Å². The quantitative estimate of drug-likeness (QED) is 0.580. The fraction of sp³-hybridized carbons (Fsp3) is 0.370. The minimum atomic E-state index is -0.303. The molecule has 2 aromatic carbocycles. The van der Waals surface area contributed by atoms with Gasteiger partial charge < -0.3 is 24.3 Å². The number of hydrogen-bond acceptors (Lipinski definition) is 5. The number of hydrogen-bond donors (Lipinski definition) is 1. The molecule has 8 nitrogen and oxygen atoms in total. The van der Waals surface area contributed by atoms with Crippen LogP contribution in [0.1, 0.15) is 46.3 Å². The van der Waals surface area contributed by atoms with E-state index < -0.39 is 0 Å². The van der Waals surface area contributed by atoms with E-state index in [-0.39, 0.29) is 29.7 Å². The molecule has 0 bridgehead atoms. The topological polar surface area (TPSA) is 85.7 Å². The molecule has 0 spiro atoms. The van der Waals surface area contributed by atoms with Gasteiger partial charge in [-0.25, -0.2) is 9.37 Å². The third kappa shape index (κ3) is 4.83. The van der Waals surface area contributed by atoms with Crippen molar-refractivity contribution in [3.8, 4) is 5.75 Å². The van der Waals surface area contributed by atoms with Gasteiger partial charge in [0.2, 0.25) is 5.91 Å². The van der Waals surface area contributed by atoms with Gasteiger partial charge >= 0.3 is 0 Å². The molecule has 1 N–H and O–H groups in total. The average molecular weight is 493 g/mol. The van der Waals surface area contributed by atoms with Gasteiger partial charge in [0.05, 0.1) is 32.3 Å². The molecule has 1 fully saturated rings. The van der Waals surface area contributed by atoms with E-state index in [0.29, 0.717) is 56.0 Å². The number of methoxy groups -OCH3 is 1. The Morgan fingerprint density at radius 2 is 1.89 bits per heavy atom. The number of amides is 2. The number of anilines is 1. The second-order valence-corrected chi connectivity index (χ2v) is 9.28. The van der Waals surface area contributed by atoms with Gasteiger partial charge in [0, 0.05) is 24.7 Å². The summed E-state index contributed by atoms with van der Waals surface area (Å²) in [6.45, 7) is 3.48. The van der Waals surface area contributed by atoms with Gasteiger partial charge in [-0.3, -0.25) is 9.59 Å². The minimum Gasteiger partial charge on any atom is -0.497 e. The van der Waals surface area contributed by atoms with E-state index in [4.69, 9.17) is 9.47 Å². The van der Waals surface area contributed by atoms with Crippen LogP contribution in [0.5, 0.6) is 5.75 Å². The number of aryl methyl sites for hydroxylation is 1. The summed E-state index contributed by atoms with van der Waals surface area (Å²) in [5.41, 5.74) is 3.29. The Bertz CT molecular complexity index is 1270. The first kappa shape index (κ1) is 24.0. The second-order valence-electron chi connectivity index (χ2n) is 9.28. The van der Waals surface area contributed by atoms with Gasteiger partial charge in [0.15, 0.2) is 5.69 Å². The molecule has 5 rings (SSSR count). The number of carbonyl (C=O) groups excluding carboxylic acids is 2. The van der Waals surface area contributed by atoms with Crippen molar-refractivity contribution in [2.24, 2.45) is 5.92 Å². The van der Waals surface area contributed by atoms with Gasteiger partial charge in [0.1, 0.15) is 17.7 Å². The lowest BCUT2D eigenvalue weighted by atomic mass is 9.95. The van der Waals surface area contributed by atoms with Crippen molar-refractivity contribution in [3.05, 3.63) is 77.1 Å². The number of imidazole rings is 1. The molecule has 0 saturated carbocycles. The molecule has 3 heterocycles. The van der Waals surface area contributed by atoms with E-state index in [1.165, 1.54) is 6.07 Å². The Morgan fingerprint density at radius 3 is 2.58 bits per heavy atom. The number of nitrogens with zero attached hydrogens (tertiary/aromatic N) is 3. The standard InChI is InChI=1S/C27H29FN4O4/c1-17-13-20(5-8-22(17)28)30-26(33)19-9-11-31(12-10-19)27(34)25-23-15-36-24(14-32(23)16-29-25)18-3-6-21(35-2)7-4-18/h3-8,13,16,19,24H,9-12,14-15H2,1-2H3,(H,30,33)/t24-/m1/s1. The SMILES string of the molecule is COc1ccc([C@H]2Cn3cnc(C(=O)N4CCC(C(=O)Nc5ccc(F)c(C)c5)CC4)c3CO2)cc1.